The first-order valence-electron chi connectivity index (χ1n) is 0.478. The Hall–Kier alpha value is 1.28. The van der Waals surface area contributed by atoms with Gasteiger partial charge in [-0.3, -0.25) is 0 Å². The monoisotopic (exact) mass is 338 g/mol. The fourth-order valence-electron chi connectivity index (χ4n) is 0. The molecular weight excluding hydrogens is 335 g/mol. The predicted octanol–water partition coefficient (Wildman–Crippen LogP) is -3.85. The molecule has 0 spiro atoms. The van der Waals surface area contributed by atoms with Gasteiger partial charge in [0.15, 0.2) is 0 Å². The van der Waals surface area contributed by atoms with Crippen molar-refractivity contribution in [3.63, 3.8) is 0 Å². The van der Waals surface area contributed by atoms with Crippen LogP contribution >= 0.6 is 0 Å². The Morgan fingerprint density at radius 2 is 1.40 bits per heavy atom. The fourth-order valence-corrected chi connectivity index (χ4v) is 0. The maximum atomic E-state index is 8.63. The topological polar surface area (TPSA) is 66.3 Å². The quantitative estimate of drug-likeness (QED) is 0.460. The molecule has 2 radical (unpaired) electrons. The SMILES string of the molecule is [O-][Br+2]([O-])O.[PbH2]. The van der Waals surface area contributed by atoms with Gasteiger partial charge < -0.3 is 8.40 Å². The van der Waals surface area contributed by atoms with E-state index >= 15 is 0 Å². The summed E-state index contributed by atoms with van der Waals surface area (Å²) < 4.78 is 24.3. The minimum absolute atomic E-state index is 0. The zero-order chi connectivity index (χ0) is 3.58. The molecule has 0 saturated carbocycles. The summed E-state index contributed by atoms with van der Waals surface area (Å²) in [4.78, 5) is 0. The average Bonchev–Trinajstić information content (AvgIpc) is 0.811. The molecule has 0 amide bonds. The Morgan fingerprint density at radius 1 is 1.40 bits per heavy atom. The molecule has 0 aromatic rings. The molecule has 0 aromatic heterocycles. The molecular formula is H3BrO3Pb. The van der Waals surface area contributed by atoms with Gasteiger partial charge in [-0.2, -0.15) is 0 Å². The second-order valence-electron chi connectivity index (χ2n) is 0.201. The van der Waals surface area contributed by atoms with E-state index in [1.165, 1.54) is 0 Å². The Kier molecular flexibility index (Phi) is 10.1. The van der Waals surface area contributed by atoms with Crippen LogP contribution in [0.3, 0.4) is 0 Å². The zero-order valence-corrected chi connectivity index (χ0v) is 9.43. The van der Waals surface area contributed by atoms with E-state index in [9.17, 15) is 0 Å². The standard InChI is InChI=1S/BrHO3.Pb.2H/c2-1(3)4;;;/h2H;;;. The van der Waals surface area contributed by atoms with Crippen molar-refractivity contribution in [2.75, 3.05) is 0 Å². The van der Waals surface area contributed by atoms with Crippen molar-refractivity contribution < 1.29 is 27.4 Å². The van der Waals surface area contributed by atoms with Gasteiger partial charge in [0, 0.05) is 0 Å². The molecule has 1 N–H and O–H groups in total. The average molecular weight is 338 g/mol. The van der Waals surface area contributed by atoms with Crippen molar-refractivity contribution in [1.82, 2.24) is 0 Å². The van der Waals surface area contributed by atoms with Crippen molar-refractivity contribution in [3.8, 4) is 0 Å². The van der Waals surface area contributed by atoms with E-state index in [1.54, 1.807) is 0 Å². The van der Waals surface area contributed by atoms with Crippen molar-refractivity contribution in [1.29, 1.82) is 0 Å². The Bertz CT molecular complexity index is 11.6. The van der Waals surface area contributed by atoms with Crippen LogP contribution in [-0.2, 0) is 0 Å². The summed E-state index contributed by atoms with van der Waals surface area (Å²) in [6.45, 7) is 0. The minimum atomic E-state index is -3.40. The van der Waals surface area contributed by atoms with Crippen LogP contribution in [0.1, 0.15) is 0 Å². The molecule has 0 aliphatic carbocycles. The molecule has 3 nitrogen and oxygen atoms in total. The molecule has 5 heavy (non-hydrogen) atoms. The molecule has 0 heterocycles. The molecule has 0 saturated heterocycles. The number of hydrogen-bond acceptors (Lipinski definition) is 3. The number of rotatable bonds is 0. The molecule has 0 aromatic carbocycles. The predicted molar refractivity (Wildman–Crippen MR) is 10.8 cm³/mol. The molecule has 0 atom stereocenters. The van der Waals surface area contributed by atoms with Gasteiger partial charge in [0.2, 0.25) is 0 Å². The Morgan fingerprint density at radius 3 is 1.40 bits per heavy atom. The van der Waals surface area contributed by atoms with Crippen LogP contribution in [0.15, 0.2) is 0 Å². The zero-order valence-electron chi connectivity index (χ0n) is 2.35. The van der Waals surface area contributed by atoms with E-state index in [-0.39, 0.29) is 27.3 Å². The van der Waals surface area contributed by atoms with Crippen LogP contribution in [0.4, 0.5) is 0 Å². The molecule has 5 heteroatoms. The Balaban J connectivity index is 0. The third kappa shape index (κ3) is 34.6. The van der Waals surface area contributed by atoms with Crippen LogP contribution in [0.2, 0.25) is 0 Å². The van der Waals surface area contributed by atoms with Gasteiger partial charge in [-0.05, 0) is 4.20 Å². The summed E-state index contributed by atoms with van der Waals surface area (Å²) in [6, 6.07) is 0. The summed E-state index contributed by atoms with van der Waals surface area (Å²) >= 11 is -3.40. The number of halogens is 1. The summed E-state index contributed by atoms with van der Waals surface area (Å²) in [5.74, 6) is 0. The second kappa shape index (κ2) is 5.28. The first kappa shape index (κ1) is 9.56. The third-order valence-electron chi connectivity index (χ3n) is 0. The van der Waals surface area contributed by atoms with Gasteiger partial charge in [0.1, 0.15) is 0 Å². The van der Waals surface area contributed by atoms with Crippen molar-refractivity contribution in [2.24, 2.45) is 0 Å². The van der Waals surface area contributed by atoms with E-state index in [2.05, 4.69) is 0 Å². The molecule has 32 valence electrons. The van der Waals surface area contributed by atoms with Crippen molar-refractivity contribution in [3.05, 3.63) is 0 Å². The van der Waals surface area contributed by atoms with Crippen LogP contribution in [0.5, 0.6) is 0 Å². The molecule has 0 fully saturated rings. The second-order valence-corrected chi connectivity index (χ2v) is 1.04. The van der Waals surface area contributed by atoms with Gasteiger partial charge in [-0.1, -0.05) is 0 Å². The maximum absolute atomic E-state index is 8.63. The first-order valence-corrected chi connectivity index (χ1v) is 2.48. The van der Waals surface area contributed by atoms with Gasteiger partial charge in [0.25, 0.3) is 0 Å². The van der Waals surface area contributed by atoms with Crippen molar-refractivity contribution >= 4 is 27.3 Å². The van der Waals surface area contributed by atoms with E-state index in [0.717, 1.165) is 0 Å². The summed E-state index contributed by atoms with van der Waals surface area (Å²) in [7, 11) is 0. The molecule has 0 bridgehead atoms. The molecule has 0 aliphatic heterocycles. The normalized spacial score (nSPS) is 7.20. The summed E-state index contributed by atoms with van der Waals surface area (Å²) in [5, 5.41) is 0. The van der Waals surface area contributed by atoms with Crippen molar-refractivity contribution in [2.45, 2.75) is 0 Å². The fraction of sp³-hybridized carbons (Fsp3) is 0. The Labute approximate surface area is 54.6 Å². The molecule has 0 unspecified atom stereocenters. The number of hydrogen-bond donors (Lipinski definition) is 1. The first-order chi connectivity index (χ1) is 1.73. The van der Waals surface area contributed by atoms with E-state index in [0.29, 0.717) is 0 Å². The van der Waals surface area contributed by atoms with Gasteiger partial charge in [-0.25, -0.2) is 0 Å². The third-order valence-corrected chi connectivity index (χ3v) is 0. The van der Waals surface area contributed by atoms with Crippen LogP contribution < -0.4 is 8.40 Å². The van der Waals surface area contributed by atoms with Crippen LogP contribution in [0.25, 0.3) is 0 Å². The van der Waals surface area contributed by atoms with E-state index in [4.69, 9.17) is 12.6 Å². The van der Waals surface area contributed by atoms with Gasteiger partial charge in [0.05, 0.1) is 0 Å². The van der Waals surface area contributed by atoms with E-state index in [1.807, 2.05) is 0 Å². The molecule has 0 aliphatic rings. The van der Waals surface area contributed by atoms with E-state index < -0.39 is 14.8 Å². The van der Waals surface area contributed by atoms with Gasteiger partial charge in [-0.15, -0.1) is 0 Å². The van der Waals surface area contributed by atoms with Gasteiger partial charge >= 0.3 is 42.1 Å². The molecule has 0 rings (SSSR count). The van der Waals surface area contributed by atoms with Crippen LogP contribution in [-0.4, -0.2) is 31.5 Å². The van der Waals surface area contributed by atoms with Crippen LogP contribution in [0, 0.1) is 14.8 Å². The summed E-state index contributed by atoms with van der Waals surface area (Å²) in [6.07, 6.45) is 0. The summed E-state index contributed by atoms with van der Waals surface area (Å²) in [5.41, 5.74) is 0.